The van der Waals surface area contributed by atoms with Gasteiger partial charge in [0.2, 0.25) is 0 Å². The molecule has 0 aliphatic heterocycles. The second-order valence-corrected chi connectivity index (χ2v) is 4.54. The van der Waals surface area contributed by atoms with E-state index in [1.165, 1.54) is 26.0 Å². The van der Waals surface area contributed by atoms with E-state index in [9.17, 15) is 14.4 Å². The topological polar surface area (TPSA) is 69.7 Å². The van der Waals surface area contributed by atoms with Crippen molar-refractivity contribution in [1.82, 2.24) is 0 Å². The average molecular weight is 298 g/mol. The lowest BCUT2D eigenvalue weighted by Gasteiger charge is -2.08. The van der Waals surface area contributed by atoms with Crippen LogP contribution in [0.3, 0.4) is 0 Å². The van der Waals surface area contributed by atoms with Gasteiger partial charge < -0.3 is 9.47 Å². The number of hydrogen-bond donors (Lipinski definition) is 0. The number of para-hydroxylation sites is 1. The standard InChI is InChI=1S/C17H14O5/c1-11(18)21-14-9-7-13(8-10-14)17(20)15-5-3-4-6-16(15)22-12(2)19/h3-10H,1-2H3. The maximum absolute atomic E-state index is 12.5. The van der Waals surface area contributed by atoms with Gasteiger partial charge >= 0.3 is 11.9 Å². The van der Waals surface area contributed by atoms with Crippen LogP contribution in [-0.2, 0) is 9.59 Å². The van der Waals surface area contributed by atoms with E-state index in [1.54, 1.807) is 36.4 Å². The third-order valence-corrected chi connectivity index (χ3v) is 2.76. The van der Waals surface area contributed by atoms with Crippen molar-refractivity contribution in [2.45, 2.75) is 13.8 Å². The van der Waals surface area contributed by atoms with E-state index in [-0.39, 0.29) is 17.1 Å². The second-order valence-electron chi connectivity index (χ2n) is 4.54. The summed E-state index contributed by atoms with van der Waals surface area (Å²) in [6, 6.07) is 12.7. The van der Waals surface area contributed by atoms with Crippen LogP contribution in [0.2, 0.25) is 0 Å². The van der Waals surface area contributed by atoms with Gasteiger partial charge in [-0.25, -0.2) is 0 Å². The molecule has 0 saturated heterocycles. The van der Waals surface area contributed by atoms with Gasteiger partial charge in [-0.3, -0.25) is 14.4 Å². The molecule has 2 aromatic carbocycles. The van der Waals surface area contributed by atoms with E-state index in [1.807, 2.05) is 0 Å². The summed E-state index contributed by atoms with van der Waals surface area (Å²) in [7, 11) is 0. The summed E-state index contributed by atoms with van der Waals surface area (Å²) in [4.78, 5) is 34.4. The quantitative estimate of drug-likeness (QED) is 0.493. The van der Waals surface area contributed by atoms with Crippen molar-refractivity contribution in [3.63, 3.8) is 0 Å². The lowest BCUT2D eigenvalue weighted by Crippen LogP contribution is -2.08. The van der Waals surface area contributed by atoms with Gasteiger partial charge in [0.25, 0.3) is 0 Å². The molecule has 0 aliphatic rings. The largest absolute Gasteiger partial charge is 0.427 e. The number of ketones is 1. The van der Waals surface area contributed by atoms with Crippen molar-refractivity contribution in [2.24, 2.45) is 0 Å². The van der Waals surface area contributed by atoms with Crippen LogP contribution in [0, 0.1) is 0 Å². The van der Waals surface area contributed by atoms with Crippen LogP contribution in [0.25, 0.3) is 0 Å². The Morgan fingerprint density at radius 3 is 1.95 bits per heavy atom. The van der Waals surface area contributed by atoms with Crippen LogP contribution in [0.5, 0.6) is 11.5 Å². The first-order valence-electron chi connectivity index (χ1n) is 6.58. The first-order chi connectivity index (χ1) is 10.5. The minimum Gasteiger partial charge on any atom is -0.427 e. The summed E-state index contributed by atoms with van der Waals surface area (Å²) < 4.78 is 9.95. The fourth-order valence-electron chi connectivity index (χ4n) is 1.89. The molecule has 0 spiro atoms. The van der Waals surface area contributed by atoms with Gasteiger partial charge in [-0.05, 0) is 36.4 Å². The Labute approximate surface area is 127 Å². The summed E-state index contributed by atoms with van der Waals surface area (Å²) in [5.74, 6) is -0.641. The summed E-state index contributed by atoms with van der Waals surface area (Å²) in [5, 5.41) is 0. The highest BCUT2D eigenvalue weighted by atomic mass is 16.5. The predicted octanol–water partition coefficient (Wildman–Crippen LogP) is 2.77. The molecule has 0 bridgehead atoms. The summed E-state index contributed by atoms with van der Waals surface area (Å²) in [5.41, 5.74) is 0.688. The van der Waals surface area contributed by atoms with Crippen molar-refractivity contribution in [1.29, 1.82) is 0 Å². The van der Waals surface area contributed by atoms with Gasteiger partial charge in [0.1, 0.15) is 11.5 Å². The molecule has 0 N–H and O–H groups in total. The average Bonchev–Trinajstić information content (AvgIpc) is 2.47. The number of carbonyl (C=O) groups is 3. The molecule has 0 radical (unpaired) electrons. The molecule has 0 amide bonds. The van der Waals surface area contributed by atoms with E-state index >= 15 is 0 Å². The van der Waals surface area contributed by atoms with E-state index in [4.69, 9.17) is 9.47 Å². The number of hydrogen-bond acceptors (Lipinski definition) is 5. The Kier molecular flexibility index (Phi) is 4.68. The number of benzene rings is 2. The van der Waals surface area contributed by atoms with Crippen LogP contribution in [-0.4, -0.2) is 17.7 Å². The van der Waals surface area contributed by atoms with Crippen molar-refractivity contribution in [3.8, 4) is 11.5 Å². The number of carbonyl (C=O) groups excluding carboxylic acids is 3. The van der Waals surface area contributed by atoms with Gasteiger partial charge in [0, 0.05) is 19.4 Å². The number of rotatable bonds is 4. The fourth-order valence-corrected chi connectivity index (χ4v) is 1.89. The SMILES string of the molecule is CC(=O)Oc1ccc(C(=O)c2ccccc2OC(C)=O)cc1. The van der Waals surface area contributed by atoms with E-state index in [2.05, 4.69) is 0 Å². The third kappa shape index (κ3) is 3.79. The zero-order valence-electron chi connectivity index (χ0n) is 12.2. The smallest absolute Gasteiger partial charge is 0.308 e. The predicted molar refractivity (Wildman–Crippen MR) is 78.9 cm³/mol. The Hall–Kier alpha value is -2.95. The molecule has 0 fully saturated rings. The van der Waals surface area contributed by atoms with Gasteiger partial charge in [0.05, 0.1) is 5.56 Å². The highest BCUT2D eigenvalue weighted by molar-refractivity contribution is 6.11. The lowest BCUT2D eigenvalue weighted by molar-refractivity contribution is -0.132. The summed E-state index contributed by atoms with van der Waals surface area (Å²) in [6.07, 6.45) is 0. The van der Waals surface area contributed by atoms with Crippen LogP contribution >= 0.6 is 0 Å². The molecule has 0 atom stereocenters. The van der Waals surface area contributed by atoms with Crippen molar-refractivity contribution in [3.05, 3.63) is 59.7 Å². The Bertz CT molecular complexity index is 716. The highest BCUT2D eigenvalue weighted by Gasteiger charge is 2.15. The zero-order chi connectivity index (χ0) is 16.1. The van der Waals surface area contributed by atoms with Crippen molar-refractivity contribution < 1.29 is 23.9 Å². The first kappa shape index (κ1) is 15.4. The molecule has 2 aromatic rings. The normalized spacial score (nSPS) is 9.91. The van der Waals surface area contributed by atoms with Gasteiger partial charge in [-0.1, -0.05) is 12.1 Å². The van der Waals surface area contributed by atoms with Gasteiger partial charge in [0.15, 0.2) is 5.78 Å². The molecular weight excluding hydrogens is 284 g/mol. The van der Waals surface area contributed by atoms with E-state index < -0.39 is 11.9 Å². The monoisotopic (exact) mass is 298 g/mol. The maximum atomic E-state index is 12.5. The molecule has 5 nitrogen and oxygen atoms in total. The molecule has 2 rings (SSSR count). The van der Waals surface area contributed by atoms with E-state index in [0.29, 0.717) is 11.3 Å². The molecule has 0 aliphatic carbocycles. The van der Waals surface area contributed by atoms with Crippen molar-refractivity contribution >= 4 is 17.7 Å². The Morgan fingerprint density at radius 1 is 0.773 bits per heavy atom. The number of ether oxygens (including phenoxy) is 2. The molecule has 22 heavy (non-hydrogen) atoms. The fraction of sp³-hybridized carbons (Fsp3) is 0.118. The molecule has 5 heteroatoms. The molecular formula is C17H14O5. The minimum atomic E-state index is -0.495. The van der Waals surface area contributed by atoms with E-state index in [0.717, 1.165) is 0 Å². The van der Waals surface area contributed by atoms with Gasteiger partial charge in [-0.15, -0.1) is 0 Å². The van der Waals surface area contributed by atoms with Crippen LogP contribution < -0.4 is 9.47 Å². The van der Waals surface area contributed by atoms with Crippen LogP contribution in [0.1, 0.15) is 29.8 Å². The van der Waals surface area contributed by atoms with Gasteiger partial charge in [-0.2, -0.15) is 0 Å². The molecule has 0 heterocycles. The molecule has 0 aromatic heterocycles. The number of esters is 2. The summed E-state index contributed by atoms with van der Waals surface area (Å²) >= 11 is 0. The highest BCUT2D eigenvalue weighted by Crippen LogP contribution is 2.23. The lowest BCUT2D eigenvalue weighted by atomic mass is 10.0. The maximum Gasteiger partial charge on any atom is 0.308 e. The third-order valence-electron chi connectivity index (χ3n) is 2.76. The van der Waals surface area contributed by atoms with Crippen LogP contribution in [0.4, 0.5) is 0 Å². The van der Waals surface area contributed by atoms with Crippen LogP contribution in [0.15, 0.2) is 48.5 Å². The minimum absolute atomic E-state index is 0.212. The van der Waals surface area contributed by atoms with Crippen molar-refractivity contribution in [2.75, 3.05) is 0 Å². The first-order valence-corrected chi connectivity index (χ1v) is 6.58. The summed E-state index contributed by atoms with van der Waals surface area (Å²) in [6.45, 7) is 2.57. The molecule has 0 unspecified atom stereocenters. The molecule has 112 valence electrons. The zero-order valence-corrected chi connectivity index (χ0v) is 12.2. The molecule has 0 saturated carbocycles. The Morgan fingerprint density at radius 2 is 1.36 bits per heavy atom. The second kappa shape index (κ2) is 6.67. The Balaban J connectivity index is 2.28.